The zero-order chi connectivity index (χ0) is 24.7. The summed E-state index contributed by atoms with van der Waals surface area (Å²) >= 11 is 0. The largest absolute Gasteiger partial charge is 0.493 e. The molecule has 0 saturated carbocycles. The van der Waals surface area contributed by atoms with E-state index in [0.29, 0.717) is 24.7 Å². The van der Waals surface area contributed by atoms with Crippen LogP contribution in [0, 0.1) is 0 Å². The molecule has 8 heteroatoms. The number of carbonyl (C=O) groups excluding carboxylic acids is 2. The standard InChI is InChI=1S/C27H31N3O5/c1-4-13-35-21-10-9-17(14-22(21)34-3)19-15-30-23(32)16-29(11-12-31)26(33)27(30,2)25-24(19)18-7-5-6-8-20(18)28-25/h5-10,14,19,28,31H,4,11-13,15-16H2,1-3H3/t19?,27-/m0/s1. The fourth-order valence-corrected chi connectivity index (χ4v) is 5.51. The summed E-state index contributed by atoms with van der Waals surface area (Å²) in [5.74, 6) is 0.843. The number of methoxy groups -OCH3 is 1. The highest BCUT2D eigenvalue weighted by Gasteiger charge is 2.56. The van der Waals surface area contributed by atoms with Gasteiger partial charge in [-0.05, 0) is 42.7 Å². The van der Waals surface area contributed by atoms with Crippen molar-refractivity contribution in [2.24, 2.45) is 0 Å². The zero-order valence-electron chi connectivity index (χ0n) is 20.3. The number of aromatic amines is 1. The van der Waals surface area contributed by atoms with Crippen LogP contribution in [0.3, 0.4) is 0 Å². The Kier molecular flexibility index (Phi) is 5.92. The van der Waals surface area contributed by atoms with Gasteiger partial charge < -0.3 is 29.4 Å². The highest BCUT2D eigenvalue weighted by atomic mass is 16.5. The van der Waals surface area contributed by atoms with Crippen molar-refractivity contribution in [1.29, 1.82) is 0 Å². The predicted molar refractivity (Wildman–Crippen MR) is 132 cm³/mol. The SMILES string of the molecule is CCCOc1ccc(C2CN3C(=O)CN(CCO)C(=O)[C@]3(C)c3[nH]c4ccccc4c32)cc1OC. The molecule has 8 nitrogen and oxygen atoms in total. The Balaban J connectivity index is 1.69. The van der Waals surface area contributed by atoms with Gasteiger partial charge >= 0.3 is 0 Å². The number of nitrogens with zero attached hydrogens (tertiary/aromatic N) is 2. The van der Waals surface area contributed by atoms with Gasteiger partial charge in [0, 0.05) is 29.9 Å². The first-order chi connectivity index (χ1) is 16.9. The van der Waals surface area contributed by atoms with Gasteiger partial charge in [0.2, 0.25) is 5.91 Å². The van der Waals surface area contributed by atoms with Gasteiger partial charge in [0.05, 0.1) is 32.6 Å². The van der Waals surface area contributed by atoms with Gasteiger partial charge in [0.25, 0.3) is 5.91 Å². The second-order valence-corrected chi connectivity index (χ2v) is 9.30. The van der Waals surface area contributed by atoms with Crippen molar-refractivity contribution in [2.75, 3.05) is 40.0 Å². The Bertz CT molecular complexity index is 1290. The molecule has 3 aromatic rings. The molecule has 5 rings (SSSR count). The summed E-state index contributed by atoms with van der Waals surface area (Å²) in [4.78, 5) is 33.7. The van der Waals surface area contributed by atoms with Crippen molar-refractivity contribution in [3.63, 3.8) is 0 Å². The Labute approximate surface area is 204 Å². The van der Waals surface area contributed by atoms with Gasteiger partial charge in [-0.3, -0.25) is 9.59 Å². The van der Waals surface area contributed by atoms with E-state index in [-0.39, 0.29) is 37.4 Å². The van der Waals surface area contributed by atoms with Crippen LogP contribution in [0.2, 0.25) is 0 Å². The summed E-state index contributed by atoms with van der Waals surface area (Å²) in [6.07, 6.45) is 0.892. The first-order valence-corrected chi connectivity index (χ1v) is 12.1. The molecule has 1 aromatic heterocycles. The van der Waals surface area contributed by atoms with Crippen LogP contribution in [-0.4, -0.2) is 71.7 Å². The third-order valence-corrected chi connectivity index (χ3v) is 7.24. The van der Waals surface area contributed by atoms with Crippen molar-refractivity contribution in [1.82, 2.24) is 14.8 Å². The van der Waals surface area contributed by atoms with Gasteiger partial charge in [-0.1, -0.05) is 31.2 Å². The van der Waals surface area contributed by atoms with E-state index < -0.39 is 5.54 Å². The number of rotatable bonds is 7. The third kappa shape index (κ3) is 3.55. The number of ether oxygens (including phenoxy) is 2. The Morgan fingerprint density at radius 3 is 2.71 bits per heavy atom. The number of fused-ring (bicyclic) bond motifs is 5. The van der Waals surface area contributed by atoms with Crippen molar-refractivity contribution in [3.8, 4) is 11.5 Å². The lowest BCUT2D eigenvalue weighted by Gasteiger charge is -2.51. The van der Waals surface area contributed by atoms with Gasteiger partial charge in [-0.15, -0.1) is 0 Å². The van der Waals surface area contributed by atoms with Gasteiger partial charge in [0.1, 0.15) is 0 Å². The molecule has 0 radical (unpaired) electrons. The number of hydrogen-bond acceptors (Lipinski definition) is 5. The lowest BCUT2D eigenvalue weighted by Crippen LogP contribution is -2.67. The Morgan fingerprint density at radius 1 is 1.17 bits per heavy atom. The number of hydrogen-bond donors (Lipinski definition) is 2. The summed E-state index contributed by atoms with van der Waals surface area (Å²) in [6.45, 7) is 4.72. The van der Waals surface area contributed by atoms with Gasteiger partial charge in [0.15, 0.2) is 17.0 Å². The molecule has 2 amide bonds. The molecule has 0 aliphatic carbocycles. The fourth-order valence-electron chi connectivity index (χ4n) is 5.51. The second kappa shape index (κ2) is 8.92. The van der Waals surface area contributed by atoms with Crippen molar-refractivity contribution in [2.45, 2.75) is 31.7 Å². The molecule has 184 valence electrons. The predicted octanol–water partition coefficient (Wildman–Crippen LogP) is 2.99. The van der Waals surface area contributed by atoms with Crippen LogP contribution in [-0.2, 0) is 15.1 Å². The van der Waals surface area contributed by atoms with E-state index in [1.165, 1.54) is 4.90 Å². The average molecular weight is 478 g/mol. The minimum Gasteiger partial charge on any atom is -0.493 e. The number of aliphatic hydroxyl groups is 1. The third-order valence-electron chi connectivity index (χ3n) is 7.24. The van der Waals surface area contributed by atoms with Crippen LogP contribution in [0.15, 0.2) is 42.5 Å². The minimum absolute atomic E-state index is 0.0373. The number of carbonyl (C=O) groups is 2. The van der Waals surface area contributed by atoms with Crippen LogP contribution in [0.4, 0.5) is 0 Å². The van der Waals surface area contributed by atoms with E-state index in [2.05, 4.69) is 11.9 Å². The van der Waals surface area contributed by atoms with Crippen LogP contribution in [0.5, 0.6) is 11.5 Å². The smallest absolute Gasteiger partial charge is 0.255 e. The molecule has 1 fully saturated rings. The number of piperazine rings is 1. The van der Waals surface area contributed by atoms with E-state index >= 15 is 0 Å². The first-order valence-electron chi connectivity index (χ1n) is 12.1. The molecule has 0 bridgehead atoms. The van der Waals surface area contributed by atoms with E-state index in [0.717, 1.165) is 34.1 Å². The van der Waals surface area contributed by atoms with Crippen molar-refractivity contribution < 1.29 is 24.2 Å². The number of β-amino-alcohol motifs (C(OH)–C–C–N with tert-alkyl or cyclic N) is 1. The quantitative estimate of drug-likeness (QED) is 0.546. The van der Waals surface area contributed by atoms with Gasteiger partial charge in [-0.25, -0.2) is 0 Å². The molecular weight excluding hydrogens is 446 g/mol. The van der Waals surface area contributed by atoms with Crippen LogP contribution in [0.25, 0.3) is 10.9 Å². The highest BCUT2D eigenvalue weighted by Crippen LogP contribution is 2.48. The maximum atomic E-state index is 13.7. The highest BCUT2D eigenvalue weighted by molar-refractivity contribution is 6.01. The molecule has 2 N–H and O–H groups in total. The molecule has 1 saturated heterocycles. The molecule has 3 heterocycles. The van der Waals surface area contributed by atoms with Gasteiger partial charge in [-0.2, -0.15) is 0 Å². The number of para-hydroxylation sites is 1. The van der Waals surface area contributed by atoms with Crippen LogP contribution < -0.4 is 9.47 Å². The second-order valence-electron chi connectivity index (χ2n) is 9.30. The van der Waals surface area contributed by atoms with E-state index in [1.807, 2.05) is 49.4 Å². The van der Waals surface area contributed by atoms with E-state index in [4.69, 9.17) is 9.47 Å². The fraction of sp³-hybridized carbons (Fsp3) is 0.407. The Morgan fingerprint density at radius 2 is 1.97 bits per heavy atom. The molecule has 2 aromatic carbocycles. The number of H-pyrrole nitrogens is 1. The van der Waals surface area contributed by atoms with E-state index in [1.54, 1.807) is 12.0 Å². The van der Waals surface area contributed by atoms with Crippen molar-refractivity contribution in [3.05, 3.63) is 59.3 Å². The first kappa shape index (κ1) is 23.2. The molecular formula is C27H31N3O5. The molecule has 0 spiro atoms. The monoisotopic (exact) mass is 477 g/mol. The molecule has 35 heavy (non-hydrogen) atoms. The van der Waals surface area contributed by atoms with E-state index in [9.17, 15) is 14.7 Å². The molecule has 2 atom stereocenters. The summed E-state index contributed by atoms with van der Waals surface area (Å²) in [5.41, 5.74) is 2.46. The number of benzene rings is 2. The summed E-state index contributed by atoms with van der Waals surface area (Å²) < 4.78 is 11.5. The zero-order valence-corrected chi connectivity index (χ0v) is 20.3. The number of aliphatic hydroxyl groups excluding tert-OH is 1. The summed E-state index contributed by atoms with van der Waals surface area (Å²) in [7, 11) is 1.62. The number of aromatic nitrogens is 1. The average Bonchev–Trinajstić information content (AvgIpc) is 3.27. The normalized spacial score (nSPS) is 21.8. The van der Waals surface area contributed by atoms with Crippen LogP contribution in [0.1, 0.15) is 43.0 Å². The number of amides is 2. The lowest BCUT2D eigenvalue weighted by atomic mass is 9.76. The molecule has 2 aliphatic heterocycles. The van der Waals surface area contributed by atoms with Crippen LogP contribution >= 0.6 is 0 Å². The molecule has 1 unspecified atom stereocenters. The Hall–Kier alpha value is -3.52. The topological polar surface area (TPSA) is 95.1 Å². The number of nitrogens with one attached hydrogen (secondary N) is 1. The lowest BCUT2D eigenvalue weighted by molar-refractivity contribution is -0.166. The maximum Gasteiger partial charge on any atom is 0.255 e. The van der Waals surface area contributed by atoms with Crippen molar-refractivity contribution >= 4 is 22.7 Å². The minimum atomic E-state index is -1.18. The summed E-state index contributed by atoms with van der Waals surface area (Å²) in [5, 5.41) is 10.5. The molecule has 2 aliphatic rings. The maximum absolute atomic E-state index is 13.7. The summed E-state index contributed by atoms with van der Waals surface area (Å²) in [6, 6.07) is 13.9.